The Morgan fingerprint density at radius 2 is 1.97 bits per heavy atom. The van der Waals surface area contributed by atoms with Gasteiger partial charge in [0.25, 0.3) is 5.91 Å². The molecule has 172 valence electrons. The Labute approximate surface area is 200 Å². The maximum Gasteiger partial charge on any atom is 0.251 e. The number of rotatable bonds is 4. The third kappa shape index (κ3) is 3.80. The van der Waals surface area contributed by atoms with E-state index < -0.39 is 0 Å². The lowest BCUT2D eigenvalue weighted by Gasteiger charge is -2.23. The highest BCUT2D eigenvalue weighted by molar-refractivity contribution is 6.38. The fourth-order valence-electron chi connectivity index (χ4n) is 4.44. The van der Waals surface area contributed by atoms with Crippen LogP contribution in [0.4, 0.5) is 5.82 Å². The zero-order valence-electron chi connectivity index (χ0n) is 17.8. The van der Waals surface area contributed by atoms with Gasteiger partial charge in [-0.05, 0) is 50.9 Å². The number of nitrogens with zero attached hydrogens (tertiary/aromatic N) is 4. The zero-order valence-corrected chi connectivity index (χ0v) is 19.3. The topological polar surface area (TPSA) is 127 Å². The summed E-state index contributed by atoms with van der Waals surface area (Å²) in [6.07, 6.45) is 5.48. The van der Waals surface area contributed by atoms with Crippen molar-refractivity contribution in [3.63, 3.8) is 0 Å². The first-order valence-corrected chi connectivity index (χ1v) is 11.3. The van der Waals surface area contributed by atoms with Crippen LogP contribution in [0.5, 0.6) is 0 Å². The van der Waals surface area contributed by atoms with E-state index in [1.165, 1.54) is 6.33 Å². The number of halogens is 2. The van der Waals surface area contributed by atoms with Crippen molar-refractivity contribution in [1.82, 2.24) is 35.4 Å². The lowest BCUT2D eigenvalue weighted by Crippen LogP contribution is -2.30. The maximum atomic E-state index is 12.5. The second-order valence-electron chi connectivity index (χ2n) is 8.55. The van der Waals surface area contributed by atoms with Crippen LogP contribution >= 0.6 is 24.0 Å². The van der Waals surface area contributed by atoms with E-state index in [2.05, 4.69) is 25.6 Å². The minimum absolute atomic E-state index is 0. The van der Waals surface area contributed by atoms with Gasteiger partial charge in [0.1, 0.15) is 17.8 Å². The van der Waals surface area contributed by atoms with E-state index in [1.54, 1.807) is 6.07 Å². The molecule has 3 aromatic heterocycles. The lowest BCUT2D eigenvalue weighted by molar-refractivity contribution is 0.0951. The van der Waals surface area contributed by atoms with E-state index in [0.717, 1.165) is 49.7 Å². The molecular weight excluding hydrogens is 463 g/mol. The van der Waals surface area contributed by atoms with Crippen molar-refractivity contribution < 1.29 is 4.79 Å². The molecule has 33 heavy (non-hydrogen) atoms. The molecule has 1 saturated carbocycles. The van der Waals surface area contributed by atoms with Crippen LogP contribution in [0.15, 0.2) is 24.5 Å². The third-order valence-electron chi connectivity index (χ3n) is 6.32. The Kier molecular flexibility index (Phi) is 5.64. The summed E-state index contributed by atoms with van der Waals surface area (Å²) in [5, 5.41) is 13.4. The molecular formula is C22H24Cl2N8O. The number of hydrogen-bond acceptors (Lipinski definition) is 6. The fourth-order valence-corrected chi connectivity index (χ4v) is 4.74. The number of nitrogens with one attached hydrogen (secondary N) is 3. The number of fused-ring (bicyclic) bond motifs is 2. The number of benzene rings is 1. The SMILES string of the molecule is Cl.Nc1ncnc2c1c(-c1[nH]c3cc(C(=O)NC4CC4)ccc3c1Cl)nn2C1CCNCC1. The Morgan fingerprint density at radius 1 is 1.18 bits per heavy atom. The van der Waals surface area contributed by atoms with Gasteiger partial charge in [-0.3, -0.25) is 4.79 Å². The van der Waals surface area contributed by atoms with Crippen molar-refractivity contribution in [2.75, 3.05) is 18.8 Å². The standard InChI is InChI=1S/C22H23ClN8O.ClH/c23-17-14-4-1-11(22(32)28-12-2-3-12)9-15(14)29-19(17)18-16-20(24)26-10-27-21(16)31(30-18)13-5-7-25-8-6-13;/h1,4,9-10,12-13,25,29H,2-3,5-8H2,(H,28,32)(H2,24,26,27);1H. The van der Waals surface area contributed by atoms with Crippen molar-refractivity contribution in [2.24, 2.45) is 0 Å². The lowest BCUT2D eigenvalue weighted by atomic mass is 10.1. The van der Waals surface area contributed by atoms with Gasteiger partial charge in [-0.1, -0.05) is 17.7 Å². The molecule has 0 atom stereocenters. The van der Waals surface area contributed by atoms with Crippen molar-refractivity contribution in [2.45, 2.75) is 37.8 Å². The van der Waals surface area contributed by atoms with Crippen molar-refractivity contribution >= 4 is 57.7 Å². The van der Waals surface area contributed by atoms with Gasteiger partial charge in [-0.15, -0.1) is 12.4 Å². The normalized spacial score (nSPS) is 16.8. The average Bonchev–Trinajstić information content (AvgIpc) is 3.45. The first kappa shape index (κ1) is 21.9. The fraction of sp³-hybridized carbons (Fsp3) is 0.364. The predicted octanol–water partition coefficient (Wildman–Crippen LogP) is 3.45. The Bertz CT molecular complexity index is 1350. The summed E-state index contributed by atoms with van der Waals surface area (Å²) in [6.45, 7) is 1.86. The summed E-state index contributed by atoms with van der Waals surface area (Å²) < 4.78 is 1.96. The van der Waals surface area contributed by atoms with Gasteiger partial charge in [-0.2, -0.15) is 5.10 Å². The van der Waals surface area contributed by atoms with E-state index in [0.29, 0.717) is 44.9 Å². The molecule has 0 bridgehead atoms. The summed E-state index contributed by atoms with van der Waals surface area (Å²) in [5.74, 6) is 0.296. The molecule has 0 radical (unpaired) electrons. The second-order valence-corrected chi connectivity index (χ2v) is 8.93. The van der Waals surface area contributed by atoms with Gasteiger partial charge in [-0.25, -0.2) is 14.6 Å². The minimum atomic E-state index is -0.0695. The van der Waals surface area contributed by atoms with Crippen LogP contribution in [0.2, 0.25) is 5.02 Å². The number of piperidine rings is 1. The molecule has 2 fully saturated rings. The number of carbonyl (C=O) groups excluding carboxylic acids is 1. The quantitative estimate of drug-likeness (QED) is 0.349. The number of aromatic nitrogens is 5. The molecule has 1 amide bonds. The predicted molar refractivity (Wildman–Crippen MR) is 131 cm³/mol. The number of hydrogen-bond donors (Lipinski definition) is 4. The summed E-state index contributed by atoms with van der Waals surface area (Å²) in [4.78, 5) is 24.5. The highest BCUT2D eigenvalue weighted by Crippen LogP contribution is 2.39. The summed E-state index contributed by atoms with van der Waals surface area (Å²) in [7, 11) is 0. The Balaban J connectivity index is 0.00000228. The molecule has 4 heterocycles. The van der Waals surface area contributed by atoms with Crippen molar-refractivity contribution in [3.05, 3.63) is 35.1 Å². The van der Waals surface area contributed by atoms with E-state index in [4.69, 9.17) is 22.4 Å². The Morgan fingerprint density at radius 3 is 2.73 bits per heavy atom. The molecule has 0 spiro atoms. The number of nitrogens with two attached hydrogens (primary N) is 1. The number of amides is 1. The smallest absolute Gasteiger partial charge is 0.251 e. The zero-order chi connectivity index (χ0) is 21.8. The minimum Gasteiger partial charge on any atom is -0.383 e. The van der Waals surface area contributed by atoms with Crippen molar-refractivity contribution in [1.29, 1.82) is 0 Å². The van der Waals surface area contributed by atoms with Gasteiger partial charge in [0.15, 0.2) is 5.65 Å². The number of H-pyrrole nitrogens is 1. The first-order valence-electron chi connectivity index (χ1n) is 10.9. The van der Waals surface area contributed by atoms with Gasteiger partial charge < -0.3 is 21.4 Å². The van der Waals surface area contributed by atoms with E-state index in [1.807, 2.05) is 16.8 Å². The summed E-state index contributed by atoms with van der Waals surface area (Å²) >= 11 is 6.79. The largest absolute Gasteiger partial charge is 0.383 e. The van der Waals surface area contributed by atoms with Crippen LogP contribution in [0.25, 0.3) is 33.3 Å². The van der Waals surface area contributed by atoms with Gasteiger partial charge in [0.2, 0.25) is 0 Å². The van der Waals surface area contributed by atoms with Crippen LogP contribution in [0.3, 0.4) is 0 Å². The first-order chi connectivity index (χ1) is 15.6. The molecule has 5 N–H and O–H groups in total. The second kappa shape index (κ2) is 8.48. The van der Waals surface area contributed by atoms with Crippen LogP contribution < -0.4 is 16.4 Å². The maximum absolute atomic E-state index is 12.5. The monoisotopic (exact) mass is 486 g/mol. The third-order valence-corrected chi connectivity index (χ3v) is 6.71. The molecule has 11 heteroatoms. The van der Waals surface area contributed by atoms with Crippen molar-refractivity contribution in [3.8, 4) is 11.4 Å². The van der Waals surface area contributed by atoms with Gasteiger partial charge in [0.05, 0.1) is 22.1 Å². The average molecular weight is 487 g/mol. The number of nitrogen functional groups attached to an aromatic ring is 1. The van der Waals surface area contributed by atoms with Crippen LogP contribution in [0.1, 0.15) is 42.1 Å². The van der Waals surface area contributed by atoms with E-state index in [9.17, 15) is 4.79 Å². The molecule has 4 aromatic rings. The highest BCUT2D eigenvalue weighted by atomic mass is 35.5. The van der Waals surface area contributed by atoms with E-state index >= 15 is 0 Å². The molecule has 9 nitrogen and oxygen atoms in total. The summed E-state index contributed by atoms with van der Waals surface area (Å²) in [5.41, 5.74) is 9.63. The van der Waals surface area contributed by atoms with Gasteiger partial charge in [0, 0.05) is 22.5 Å². The molecule has 1 aliphatic carbocycles. The molecule has 0 unspecified atom stereocenters. The van der Waals surface area contributed by atoms with Gasteiger partial charge >= 0.3 is 0 Å². The van der Waals surface area contributed by atoms with Crippen LogP contribution in [-0.2, 0) is 0 Å². The van der Waals surface area contributed by atoms with E-state index in [-0.39, 0.29) is 24.4 Å². The molecule has 1 aromatic carbocycles. The molecule has 2 aliphatic rings. The number of carbonyl (C=O) groups is 1. The highest BCUT2D eigenvalue weighted by Gasteiger charge is 2.27. The molecule has 6 rings (SSSR count). The van der Waals surface area contributed by atoms with Crippen LogP contribution in [-0.4, -0.2) is 49.8 Å². The van der Waals surface area contributed by atoms with Crippen LogP contribution in [0, 0.1) is 0 Å². The molecule has 1 aliphatic heterocycles. The Hall–Kier alpha value is -2.88. The molecule has 1 saturated heterocycles. The number of aromatic amines is 1. The summed E-state index contributed by atoms with van der Waals surface area (Å²) in [6, 6.07) is 6.02. The number of anilines is 1.